The van der Waals surface area contributed by atoms with Crippen molar-refractivity contribution in [3.05, 3.63) is 60.7 Å². The maximum atomic E-state index is 13.7. The zero-order valence-corrected chi connectivity index (χ0v) is 25.6. The Labute approximate surface area is 234 Å². The third kappa shape index (κ3) is 8.22. The highest BCUT2D eigenvalue weighted by atomic mass is 31.2. The van der Waals surface area contributed by atoms with Crippen LogP contribution in [0.4, 0.5) is 0 Å². The van der Waals surface area contributed by atoms with Gasteiger partial charge in [0.2, 0.25) is 0 Å². The molecular formula is C30H41O7PSi. The highest BCUT2D eigenvalue weighted by Crippen LogP contribution is 2.47. The molecule has 0 aliphatic carbocycles. The van der Waals surface area contributed by atoms with Crippen LogP contribution in [0.5, 0.6) is 0 Å². The Morgan fingerprint density at radius 1 is 1.00 bits per heavy atom. The largest absolute Gasteiger partial charge is 0.396 e. The molecule has 0 bridgehead atoms. The molecule has 9 heteroatoms. The van der Waals surface area contributed by atoms with Gasteiger partial charge < -0.3 is 22.9 Å². The monoisotopic (exact) mass is 572 g/mol. The molecule has 1 heterocycles. The van der Waals surface area contributed by atoms with Gasteiger partial charge in [-0.05, 0) is 34.7 Å². The predicted octanol–water partition coefficient (Wildman–Crippen LogP) is 4.92. The number of ether oxygens (including phenoxy) is 2. The van der Waals surface area contributed by atoms with Crippen LogP contribution in [-0.2, 0) is 32.3 Å². The predicted molar refractivity (Wildman–Crippen MR) is 156 cm³/mol. The molecule has 1 saturated heterocycles. The van der Waals surface area contributed by atoms with Crippen LogP contribution in [0.25, 0.3) is 0 Å². The van der Waals surface area contributed by atoms with E-state index in [2.05, 4.69) is 56.9 Å². The Morgan fingerprint density at radius 2 is 1.59 bits per heavy atom. The van der Waals surface area contributed by atoms with Crippen molar-refractivity contribution < 1.29 is 32.3 Å². The zero-order chi connectivity index (χ0) is 28.4. The second kappa shape index (κ2) is 14.5. The minimum atomic E-state index is -3.61. The van der Waals surface area contributed by atoms with Crippen molar-refractivity contribution in [2.24, 2.45) is 0 Å². The molecule has 0 saturated carbocycles. The molecule has 39 heavy (non-hydrogen) atoms. The molecule has 0 amide bonds. The van der Waals surface area contributed by atoms with Gasteiger partial charge in [-0.15, -0.1) is 0 Å². The Hall–Kier alpha value is -2.08. The zero-order valence-electron chi connectivity index (χ0n) is 23.7. The summed E-state index contributed by atoms with van der Waals surface area (Å²) in [4.78, 5) is 13.7. The molecule has 1 fully saturated rings. The van der Waals surface area contributed by atoms with Crippen molar-refractivity contribution in [3.8, 4) is 11.8 Å². The molecule has 3 rings (SSSR count). The molecule has 2 aromatic rings. The number of carbonyl (C=O) groups excluding carboxylic acids is 1. The van der Waals surface area contributed by atoms with Crippen LogP contribution in [0.2, 0.25) is 5.04 Å². The van der Waals surface area contributed by atoms with E-state index in [0.717, 1.165) is 29.6 Å². The molecule has 0 radical (unpaired) electrons. The molecule has 0 N–H and O–H groups in total. The Morgan fingerprint density at radius 3 is 2.08 bits per heavy atom. The molecular weight excluding hydrogens is 531 g/mol. The second-order valence-corrected chi connectivity index (χ2v) is 17.1. The molecule has 1 unspecified atom stereocenters. The standard InChI is InChI=1S/C30H41O7PSi/c1-30(2,3)39(25-16-8-6-9-17-25,26-18-10-7-11-19-26)37-28(27(31)24-38(32,33-4)34-5)20-12-14-22-35-29-21-13-15-23-36-29/h6-11,16-19,28-29H,13,15,20-24H2,1-5H3/t28-,29?/m0/s1. The highest BCUT2D eigenvalue weighted by molar-refractivity contribution is 7.54. The molecule has 2 atom stereocenters. The minimum Gasteiger partial charge on any atom is -0.396 e. The van der Waals surface area contributed by atoms with E-state index >= 15 is 0 Å². The molecule has 0 aromatic heterocycles. The fourth-order valence-electron chi connectivity index (χ4n) is 4.82. The van der Waals surface area contributed by atoms with Gasteiger partial charge in [-0.3, -0.25) is 9.36 Å². The fraction of sp³-hybridized carbons (Fsp3) is 0.500. The van der Waals surface area contributed by atoms with Crippen LogP contribution in [-0.4, -0.2) is 60.1 Å². The van der Waals surface area contributed by atoms with E-state index in [1.54, 1.807) is 0 Å². The second-order valence-electron chi connectivity index (χ2n) is 10.5. The molecule has 1 aliphatic heterocycles. The lowest BCUT2D eigenvalue weighted by atomic mass is 10.2. The summed E-state index contributed by atoms with van der Waals surface area (Å²) in [6.07, 6.45) is 1.48. The number of rotatable bonds is 12. The Kier molecular flexibility index (Phi) is 11.7. The summed E-state index contributed by atoms with van der Waals surface area (Å²) in [5.41, 5.74) is 0. The van der Waals surface area contributed by atoms with Gasteiger partial charge in [0.1, 0.15) is 18.9 Å². The number of Topliss-reactive ketones (excluding diaryl/α,β-unsaturated/α-hetero) is 1. The van der Waals surface area contributed by atoms with E-state index in [0.29, 0.717) is 6.61 Å². The SMILES string of the molecule is COP(=O)(CC(=O)[C@H](CC#CCOC1CCCCO1)O[Si](c1ccccc1)(c1ccccc1)C(C)(C)C)OC. The summed E-state index contributed by atoms with van der Waals surface area (Å²) >= 11 is 0. The first-order chi connectivity index (χ1) is 18.6. The van der Waals surface area contributed by atoms with Crippen LogP contribution in [0, 0.1) is 11.8 Å². The van der Waals surface area contributed by atoms with Crippen molar-refractivity contribution in [3.63, 3.8) is 0 Å². The van der Waals surface area contributed by atoms with Crippen LogP contribution in [0.1, 0.15) is 46.5 Å². The van der Waals surface area contributed by atoms with Crippen LogP contribution in [0.3, 0.4) is 0 Å². The van der Waals surface area contributed by atoms with Gasteiger partial charge in [0.15, 0.2) is 12.1 Å². The van der Waals surface area contributed by atoms with Gasteiger partial charge in [0.05, 0.1) is 0 Å². The number of carbonyl (C=O) groups is 1. The van der Waals surface area contributed by atoms with Crippen molar-refractivity contribution in [1.82, 2.24) is 0 Å². The third-order valence-corrected chi connectivity index (χ3v) is 13.7. The smallest absolute Gasteiger partial charge is 0.337 e. The van der Waals surface area contributed by atoms with Gasteiger partial charge in [-0.2, -0.15) is 0 Å². The average molecular weight is 573 g/mol. The summed E-state index contributed by atoms with van der Waals surface area (Å²) in [5, 5.41) is 1.72. The van der Waals surface area contributed by atoms with Gasteiger partial charge >= 0.3 is 7.60 Å². The lowest BCUT2D eigenvalue weighted by Gasteiger charge is -2.44. The maximum Gasteiger partial charge on any atom is 0.337 e. The van der Waals surface area contributed by atoms with Crippen LogP contribution in [0.15, 0.2) is 60.7 Å². The Bertz CT molecular complexity index is 1100. The van der Waals surface area contributed by atoms with Crippen molar-refractivity contribution in [2.45, 2.75) is 63.9 Å². The van der Waals surface area contributed by atoms with E-state index in [9.17, 15) is 9.36 Å². The van der Waals surface area contributed by atoms with Crippen LogP contribution < -0.4 is 10.4 Å². The molecule has 1 aliphatic rings. The first-order valence-corrected chi connectivity index (χ1v) is 17.0. The average Bonchev–Trinajstić information content (AvgIpc) is 2.95. The first kappa shape index (κ1) is 31.4. The number of hydrogen-bond donors (Lipinski definition) is 0. The van der Waals surface area contributed by atoms with E-state index in [1.807, 2.05) is 36.4 Å². The summed E-state index contributed by atoms with van der Waals surface area (Å²) in [6.45, 7) is 7.30. The van der Waals surface area contributed by atoms with E-state index < -0.39 is 28.2 Å². The lowest BCUT2D eigenvalue weighted by molar-refractivity contribution is -0.154. The maximum absolute atomic E-state index is 13.7. The summed E-state index contributed by atoms with van der Waals surface area (Å²) in [6, 6.07) is 20.1. The van der Waals surface area contributed by atoms with E-state index in [-0.39, 0.29) is 30.1 Å². The quantitative estimate of drug-likeness (QED) is 0.203. The topological polar surface area (TPSA) is 80.3 Å². The number of benzene rings is 2. The minimum absolute atomic E-state index is 0.117. The van der Waals surface area contributed by atoms with E-state index in [1.165, 1.54) is 14.2 Å². The van der Waals surface area contributed by atoms with Crippen molar-refractivity contribution in [1.29, 1.82) is 0 Å². The molecule has 7 nitrogen and oxygen atoms in total. The third-order valence-electron chi connectivity index (χ3n) is 6.89. The van der Waals surface area contributed by atoms with Crippen molar-refractivity contribution in [2.75, 3.05) is 33.6 Å². The van der Waals surface area contributed by atoms with Gasteiger partial charge in [-0.25, -0.2) is 0 Å². The highest BCUT2D eigenvalue weighted by Gasteiger charge is 2.52. The first-order valence-electron chi connectivity index (χ1n) is 13.4. The van der Waals surface area contributed by atoms with E-state index in [4.69, 9.17) is 22.9 Å². The normalized spacial score (nSPS) is 17.2. The Balaban J connectivity index is 1.98. The number of hydrogen-bond acceptors (Lipinski definition) is 7. The van der Waals surface area contributed by atoms with Crippen LogP contribution >= 0.6 is 7.60 Å². The van der Waals surface area contributed by atoms with Gasteiger partial charge in [-0.1, -0.05) is 93.3 Å². The van der Waals surface area contributed by atoms with Crippen molar-refractivity contribution >= 4 is 32.1 Å². The molecule has 2 aromatic carbocycles. The summed E-state index contributed by atoms with van der Waals surface area (Å²) in [5.74, 6) is 5.72. The van der Waals surface area contributed by atoms with Gasteiger partial charge in [0, 0.05) is 27.2 Å². The number of ketones is 1. The fourth-order valence-corrected chi connectivity index (χ4v) is 10.5. The molecule has 212 valence electrons. The lowest BCUT2D eigenvalue weighted by Crippen LogP contribution is -2.68. The van der Waals surface area contributed by atoms with Gasteiger partial charge in [0.25, 0.3) is 8.32 Å². The summed E-state index contributed by atoms with van der Waals surface area (Å²) < 4.78 is 41.5. The summed E-state index contributed by atoms with van der Waals surface area (Å²) in [7, 11) is -4.13. The molecule has 0 spiro atoms.